The second-order valence-corrected chi connectivity index (χ2v) is 9.10. The molecule has 0 aliphatic rings. The molecule has 0 saturated heterocycles. The predicted octanol–water partition coefficient (Wildman–Crippen LogP) is 6.93. The Bertz CT molecular complexity index is 340. The highest BCUT2D eigenvalue weighted by molar-refractivity contribution is 5.67. The summed E-state index contributed by atoms with van der Waals surface area (Å²) < 4.78 is 0. The van der Waals surface area contributed by atoms with Gasteiger partial charge in [-0.2, -0.15) is 0 Å². The van der Waals surface area contributed by atoms with Crippen molar-refractivity contribution in [3.63, 3.8) is 0 Å². The van der Waals surface area contributed by atoms with E-state index >= 15 is 0 Å². The van der Waals surface area contributed by atoms with Gasteiger partial charge in [-0.1, -0.05) is 124 Å². The summed E-state index contributed by atoms with van der Waals surface area (Å²) in [5.74, 6) is -1.61. The van der Waals surface area contributed by atoms with Crippen molar-refractivity contribution in [1.29, 1.82) is 0 Å². The first kappa shape index (κ1) is 30.6. The van der Waals surface area contributed by atoms with Crippen LogP contribution in [0.4, 0.5) is 0 Å². The zero-order valence-electron chi connectivity index (χ0n) is 20.3. The van der Waals surface area contributed by atoms with Gasteiger partial charge in [0.15, 0.2) is 0 Å². The molecule has 0 aromatic rings. The Morgan fingerprint density at radius 3 is 1.34 bits per heavy atom. The lowest BCUT2D eigenvalue weighted by Gasteiger charge is -2.31. The van der Waals surface area contributed by atoms with Crippen LogP contribution in [-0.2, 0) is 4.79 Å². The summed E-state index contributed by atoms with van der Waals surface area (Å²) in [5, 5.41) is 22.2. The zero-order chi connectivity index (χ0) is 21.1. The number of carbonyl (C=O) groups excluding carboxylic acids is 1. The lowest BCUT2D eigenvalue weighted by atomic mass is 9.82. The number of carboxylic acids is 1. The van der Waals surface area contributed by atoms with Gasteiger partial charge >= 0.3 is 0 Å². The second kappa shape index (κ2) is 20.7. The van der Waals surface area contributed by atoms with E-state index in [-0.39, 0.29) is 6.15 Å². The minimum Gasteiger partial charge on any atom is -0.550 e. The smallest absolute Gasteiger partial charge is 0.0654 e. The summed E-state index contributed by atoms with van der Waals surface area (Å²) in [7, 11) is 0. The molecule has 4 heteroatoms. The van der Waals surface area contributed by atoms with Crippen LogP contribution in [0.2, 0.25) is 0 Å². The van der Waals surface area contributed by atoms with Crippen LogP contribution in [0.15, 0.2) is 0 Å². The molecule has 0 spiro atoms. The maximum absolute atomic E-state index is 11.2. The molecule has 1 unspecified atom stereocenters. The quantitative estimate of drug-likeness (QED) is 0.199. The largest absolute Gasteiger partial charge is 0.550 e. The summed E-state index contributed by atoms with van der Waals surface area (Å²) in [5.41, 5.74) is -0.829. The third-order valence-electron chi connectivity index (χ3n) is 6.08. The van der Waals surface area contributed by atoms with E-state index in [1.165, 1.54) is 77.0 Å². The van der Waals surface area contributed by atoms with Crippen molar-refractivity contribution in [3.05, 3.63) is 0 Å². The van der Waals surface area contributed by atoms with Crippen LogP contribution in [0.5, 0.6) is 0 Å². The normalized spacial score (nSPS) is 12.6. The van der Waals surface area contributed by atoms with Gasteiger partial charge in [-0.3, -0.25) is 0 Å². The molecule has 176 valence electrons. The fourth-order valence-corrected chi connectivity index (χ4v) is 4.16. The van der Waals surface area contributed by atoms with Crippen LogP contribution < -0.4 is 11.3 Å². The number of unbranched alkanes of at least 4 members (excludes halogenated alkanes) is 14. The highest BCUT2D eigenvalue weighted by atomic mass is 16.4. The van der Waals surface area contributed by atoms with Gasteiger partial charge in [0, 0.05) is 5.97 Å². The average molecular weight is 416 g/mol. The van der Waals surface area contributed by atoms with E-state index in [2.05, 4.69) is 13.8 Å². The van der Waals surface area contributed by atoms with Gasteiger partial charge < -0.3 is 21.2 Å². The molecule has 0 fully saturated rings. The SMILES string of the molecule is CCCCCCCCCCC(O)(CCCCCCCCCC)CC(C)C(=O)[O-].[NH4+]. The maximum Gasteiger partial charge on any atom is 0.0654 e. The van der Waals surface area contributed by atoms with Gasteiger partial charge in [-0.05, 0) is 25.2 Å². The first-order valence-corrected chi connectivity index (χ1v) is 12.4. The van der Waals surface area contributed by atoms with Crippen molar-refractivity contribution in [2.75, 3.05) is 0 Å². The third kappa shape index (κ3) is 19.1. The Labute approximate surface area is 181 Å². The van der Waals surface area contributed by atoms with Gasteiger partial charge in [-0.25, -0.2) is 0 Å². The van der Waals surface area contributed by atoms with Crippen molar-refractivity contribution in [3.8, 4) is 0 Å². The van der Waals surface area contributed by atoms with Gasteiger partial charge in [0.05, 0.1) is 5.60 Å². The Morgan fingerprint density at radius 1 is 0.724 bits per heavy atom. The number of hydrogen-bond acceptors (Lipinski definition) is 3. The van der Waals surface area contributed by atoms with E-state index in [0.29, 0.717) is 6.42 Å². The highest BCUT2D eigenvalue weighted by Crippen LogP contribution is 2.30. The van der Waals surface area contributed by atoms with Crippen LogP contribution in [0.1, 0.15) is 143 Å². The number of carboxylic acid groups (broad SMARTS) is 1. The Morgan fingerprint density at radius 2 is 1.03 bits per heavy atom. The number of aliphatic carboxylic acids is 1. The zero-order valence-corrected chi connectivity index (χ0v) is 20.3. The van der Waals surface area contributed by atoms with Crippen molar-refractivity contribution in [2.24, 2.45) is 5.92 Å². The Balaban J connectivity index is 0. The van der Waals surface area contributed by atoms with E-state index in [0.717, 1.165) is 38.5 Å². The van der Waals surface area contributed by atoms with Crippen LogP contribution in [0.3, 0.4) is 0 Å². The molecule has 0 amide bonds. The summed E-state index contributed by atoms with van der Waals surface area (Å²) in [6, 6.07) is 0. The van der Waals surface area contributed by atoms with E-state index in [4.69, 9.17) is 0 Å². The van der Waals surface area contributed by atoms with Crippen LogP contribution in [-0.4, -0.2) is 16.7 Å². The van der Waals surface area contributed by atoms with Crippen molar-refractivity contribution in [2.45, 2.75) is 148 Å². The number of aliphatic hydroxyl groups is 1. The number of rotatable bonds is 21. The molecule has 0 radical (unpaired) electrons. The molecule has 0 aromatic carbocycles. The van der Waals surface area contributed by atoms with Crippen LogP contribution in [0, 0.1) is 5.92 Å². The molecular weight excluding hydrogens is 362 g/mol. The van der Waals surface area contributed by atoms with Gasteiger partial charge in [0.2, 0.25) is 0 Å². The number of quaternary nitrogens is 1. The Kier molecular flexibility index (Phi) is 21.8. The minimum atomic E-state index is -1.04. The predicted molar refractivity (Wildman–Crippen MR) is 124 cm³/mol. The molecule has 0 heterocycles. The van der Waals surface area contributed by atoms with Crippen LogP contribution >= 0.6 is 0 Å². The summed E-state index contributed by atoms with van der Waals surface area (Å²) >= 11 is 0. The van der Waals surface area contributed by atoms with E-state index in [1.54, 1.807) is 6.92 Å². The summed E-state index contributed by atoms with van der Waals surface area (Å²) in [4.78, 5) is 11.2. The third-order valence-corrected chi connectivity index (χ3v) is 6.08. The first-order valence-electron chi connectivity index (χ1n) is 12.4. The van der Waals surface area contributed by atoms with Crippen molar-refractivity contribution in [1.82, 2.24) is 6.15 Å². The van der Waals surface area contributed by atoms with E-state index < -0.39 is 17.5 Å². The van der Waals surface area contributed by atoms with Gasteiger partial charge in [-0.15, -0.1) is 0 Å². The molecule has 4 nitrogen and oxygen atoms in total. The molecular formula is C25H53NO3. The van der Waals surface area contributed by atoms with E-state index in [9.17, 15) is 15.0 Å². The van der Waals surface area contributed by atoms with Crippen molar-refractivity contribution < 1.29 is 15.0 Å². The molecule has 0 rings (SSSR count). The lowest BCUT2D eigenvalue weighted by Crippen LogP contribution is -2.38. The Hall–Kier alpha value is -0.610. The van der Waals surface area contributed by atoms with Crippen LogP contribution in [0.25, 0.3) is 0 Å². The fourth-order valence-electron chi connectivity index (χ4n) is 4.16. The highest BCUT2D eigenvalue weighted by Gasteiger charge is 2.28. The van der Waals surface area contributed by atoms with E-state index in [1.807, 2.05) is 0 Å². The summed E-state index contributed by atoms with van der Waals surface area (Å²) in [6.07, 6.45) is 21.6. The molecule has 29 heavy (non-hydrogen) atoms. The van der Waals surface area contributed by atoms with Gasteiger partial charge in [0.1, 0.15) is 0 Å². The summed E-state index contributed by atoms with van der Waals surface area (Å²) in [6.45, 7) is 6.14. The first-order chi connectivity index (χ1) is 13.4. The molecule has 0 aromatic heterocycles. The average Bonchev–Trinajstić information content (AvgIpc) is 2.66. The molecule has 0 bridgehead atoms. The molecule has 0 aliphatic heterocycles. The number of hydrogen-bond donors (Lipinski definition) is 2. The lowest BCUT2D eigenvalue weighted by molar-refractivity contribution is -0.312. The van der Waals surface area contributed by atoms with Crippen molar-refractivity contribution >= 4 is 5.97 Å². The maximum atomic E-state index is 11.2. The fraction of sp³-hybridized carbons (Fsp3) is 0.960. The molecule has 1 atom stereocenters. The molecule has 5 N–H and O–H groups in total. The van der Waals surface area contributed by atoms with Gasteiger partial charge in [0.25, 0.3) is 0 Å². The minimum absolute atomic E-state index is 0. The molecule has 0 aliphatic carbocycles. The monoisotopic (exact) mass is 415 g/mol. The standard InChI is InChI=1S/C25H50O3.H3N/c1-4-6-8-10-12-14-16-18-20-25(28,22-23(3)24(26)27)21-19-17-15-13-11-9-7-5-2;/h23,28H,4-22H2,1-3H3,(H,26,27);1H3. The second-order valence-electron chi connectivity index (χ2n) is 9.10. The number of carbonyl (C=O) groups is 1. The molecule has 0 saturated carbocycles. The topological polar surface area (TPSA) is 96.9 Å².